The molecule has 2 aliphatic rings. The smallest absolute Gasteiger partial charge is 0.123 e. The van der Waals surface area contributed by atoms with Gasteiger partial charge in [0.15, 0.2) is 0 Å². The van der Waals surface area contributed by atoms with Crippen LogP contribution in [-0.2, 0) is 4.74 Å². The second-order valence-corrected chi connectivity index (χ2v) is 5.87. The minimum atomic E-state index is -0.161. The second kappa shape index (κ2) is 6.55. The van der Waals surface area contributed by atoms with Crippen LogP contribution in [0.1, 0.15) is 19.3 Å². The molecule has 3 nitrogen and oxygen atoms in total. The minimum absolute atomic E-state index is 0.161. The van der Waals surface area contributed by atoms with E-state index in [-0.39, 0.29) is 5.82 Å². The molecular weight excluding hydrogens is 255 g/mol. The molecule has 3 rings (SSSR count). The van der Waals surface area contributed by atoms with Crippen LogP contribution < -0.4 is 10.2 Å². The highest BCUT2D eigenvalue weighted by Gasteiger charge is 2.23. The van der Waals surface area contributed by atoms with E-state index in [0.717, 1.165) is 51.4 Å². The van der Waals surface area contributed by atoms with E-state index in [4.69, 9.17) is 4.74 Å². The first kappa shape index (κ1) is 13.8. The van der Waals surface area contributed by atoms with Crippen molar-refractivity contribution in [1.82, 2.24) is 5.32 Å². The maximum atomic E-state index is 12.9. The Balaban J connectivity index is 1.45. The highest BCUT2D eigenvalue weighted by molar-refractivity contribution is 5.47. The predicted octanol–water partition coefficient (Wildman–Crippen LogP) is 2.42. The maximum absolute atomic E-state index is 12.9. The van der Waals surface area contributed by atoms with Crippen LogP contribution >= 0.6 is 0 Å². The van der Waals surface area contributed by atoms with Crippen LogP contribution in [0.25, 0.3) is 0 Å². The second-order valence-electron chi connectivity index (χ2n) is 5.87. The number of halogens is 1. The summed E-state index contributed by atoms with van der Waals surface area (Å²) < 4.78 is 18.3. The first-order valence-electron chi connectivity index (χ1n) is 7.63. The highest BCUT2D eigenvalue weighted by Crippen LogP contribution is 2.23. The molecule has 0 amide bonds. The van der Waals surface area contributed by atoms with Crippen molar-refractivity contribution in [1.29, 1.82) is 0 Å². The lowest BCUT2D eigenvalue weighted by atomic mass is 10.1. The summed E-state index contributed by atoms with van der Waals surface area (Å²) in [7, 11) is 0. The van der Waals surface area contributed by atoms with Gasteiger partial charge in [-0.1, -0.05) is 0 Å². The van der Waals surface area contributed by atoms with Gasteiger partial charge in [-0.15, -0.1) is 0 Å². The summed E-state index contributed by atoms with van der Waals surface area (Å²) in [6.07, 6.45) is 3.48. The number of hydrogen-bond acceptors (Lipinski definition) is 3. The van der Waals surface area contributed by atoms with E-state index in [1.165, 1.54) is 6.42 Å². The van der Waals surface area contributed by atoms with E-state index >= 15 is 0 Å². The Labute approximate surface area is 120 Å². The van der Waals surface area contributed by atoms with Crippen LogP contribution in [0.4, 0.5) is 10.1 Å². The van der Waals surface area contributed by atoms with Crippen molar-refractivity contribution in [2.24, 2.45) is 5.92 Å². The van der Waals surface area contributed by atoms with Crippen LogP contribution in [0, 0.1) is 11.7 Å². The fraction of sp³-hybridized carbons (Fsp3) is 0.625. The molecule has 2 aliphatic heterocycles. The number of rotatable bonds is 4. The molecule has 1 atom stereocenters. The molecule has 1 N–H and O–H groups in total. The molecule has 0 bridgehead atoms. The number of ether oxygens (including phenoxy) is 1. The summed E-state index contributed by atoms with van der Waals surface area (Å²) in [6, 6.07) is 7.47. The molecule has 2 saturated heterocycles. The van der Waals surface area contributed by atoms with Gasteiger partial charge in [0.05, 0.1) is 0 Å². The van der Waals surface area contributed by atoms with Crippen molar-refractivity contribution >= 4 is 5.69 Å². The third kappa shape index (κ3) is 3.49. The molecule has 0 aliphatic carbocycles. The zero-order valence-electron chi connectivity index (χ0n) is 11.9. The van der Waals surface area contributed by atoms with Crippen molar-refractivity contribution in [2.45, 2.75) is 25.3 Å². The van der Waals surface area contributed by atoms with E-state index in [2.05, 4.69) is 10.2 Å². The molecule has 0 saturated carbocycles. The zero-order chi connectivity index (χ0) is 13.8. The fourth-order valence-corrected chi connectivity index (χ4v) is 3.12. The molecule has 1 aromatic carbocycles. The van der Waals surface area contributed by atoms with Crippen molar-refractivity contribution in [3.05, 3.63) is 30.1 Å². The van der Waals surface area contributed by atoms with Gasteiger partial charge in [0.1, 0.15) is 5.82 Å². The van der Waals surface area contributed by atoms with E-state index in [1.807, 2.05) is 12.1 Å². The van der Waals surface area contributed by atoms with Crippen LogP contribution in [0.5, 0.6) is 0 Å². The molecule has 20 heavy (non-hydrogen) atoms. The van der Waals surface area contributed by atoms with Crippen molar-refractivity contribution < 1.29 is 9.13 Å². The lowest BCUT2D eigenvalue weighted by molar-refractivity contribution is 0.0771. The molecule has 2 fully saturated rings. The highest BCUT2D eigenvalue weighted by atomic mass is 19.1. The summed E-state index contributed by atoms with van der Waals surface area (Å²) >= 11 is 0. The standard InChI is InChI=1S/C16H23FN2O/c17-14-1-3-16(4-2-14)19-8-5-13(12-19)11-18-15-6-9-20-10-7-15/h1-4,13,15,18H,5-12H2/t13-/m1/s1. The van der Waals surface area contributed by atoms with Gasteiger partial charge in [-0.25, -0.2) is 4.39 Å². The molecule has 4 heteroatoms. The average Bonchev–Trinajstić information content (AvgIpc) is 2.96. The maximum Gasteiger partial charge on any atom is 0.123 e. The van der Waals surface area contributed by atoms with Gasteiger partial charge in [-0.3, -0.25) is 0 Å². The van der Waals surface area contributed by atoms with Crippen molar-refractivity contribution in [3.8, 4) is 0 Å². The van der Waals surface area contributed by atoms with Crippen LogP contribution in [0.15, 0.2) is 24.3 Å². The average molecular weight is 278 g/mol. The van der Waals surface area contributed by atoms with Crippen LogP contribution in [0.3, 0.4) is 0 Å². The van der Waals surface area contributed by atoms with Crippen LogP contribution in [0.2, 0.25) is 0 Å². The number of nitrogens with zero attached hydrogens (tertiary/aromatic N) is 1. The van der Waals surface area contributed by atoms with E-state index in [0.29, 0.717) is 12.0 Å². The van der Waals surface area contributed by atoms with Crippen LogP contribution in [-0.4, -0.2) is 38.9 Å². The monoisotopic (exact) mass is 278 g/mol. The van der Waals surface area contributed by atoms with Gasteiger partial charge < -0.3 is 15.0 Å². The third-order valence-corrected chi connectivity index (χ3v) is 4.39. The molecular formula is C16H23FN2O. The van der Waals surface area contributed by atoms with Gasteiger partial charge in [-0.05, 0) is 56.0 Å². The molecule has 1 aromatic rings. The molecule has 0 radical (unpaired) electrons. The summed E-state index contributed by atoms with van der Waals surface area (Å²) in [5.74, 6) is 0.536. The first-order chi connectivity index (χ1) is 9.81. The predicted molar refractivity (Wildman–Crippen MR) is 78.6 cm³/mol. The Morgan fingerprint density at radius 2 is 1.90 bits per heavy atom. The van der Waals surface area contributed by atoms with Crippen molar-refractivity contribution in [2.75, 3.05) is 37.7 Å². The number of anilines is 1. The van der Waals surface area contributed by atoms with Gasteiger partial charge in [0, 0.05) is 38.0 Å². The Morgan fingerprint density at radius 1 is 1.15 bits per heavy atom. The Kier molecular flexibility index (Phi) is 4.53. The molecule has 0 unspecified atom stereocenters. The SMILES string of the molecule is Fc1ccc(N2CC[C@H](CNC3CCOCC3)C2)cc1. The Hall–Kier alpha value is -1.13. The normalized spacial score (nSPS) is 24.2. The van der Waals surface area contributed by atoms with Gasteiger partial charge >= 0.3 is 0 Å². The number of benzene rings is 1. The number of nitrogens with one attached hydrogen (secondary N) is 1. The zero-order valence-corrected chi connectivity index (χ0v) is 11.9. The van der Waals surface area contributed by atoms with Gasteiger partial charge in [-0.2, -0.15) is 0 Å². The van der Waals surface area contributed by atoms with Gasteiger partial charge in [0.2, 0.25) is 0 Å². The molecule has 110 valence electrons. The summed E-state index contributed by atoms with van der Waals surface area (Å²) in [4.78, 5) is 2.36. The van der Waals surface area contributed by atoms with E-state index < -0.39 is 0 Å². The summed E-state index contributed by atoms with van der Waals surface area (Å²) in [6.45, 7) is 5.02. The van der Waals surface area contributed by atoms with Crippen molar-refractivity contribution in [3.63, 3.8) is 0 Å². The Bertz CT molecular complexity index is 417. The first-order valence-corrected chi connectivity index (χ1v) is 7.63. The van der Waals surface area contributed by atoms with E-state index in [9.17, 15) is 4.39 Å². The Morgan fingerprint density at radius 3 is 2.65 bits per heavy atom. The molecule has 2 heterocycles. The third-order valence-electron chi connectivity index (χ3n) is 4.39. The van der Waals surface area contributed by atoms with E-state index in [1.54, 1.807) is 12.1 Å². The fourth-order valence-electron chi connectivity index (χ4n) is 3.12. The largest absolute Gasteiger partial charge is 0.381 e. The molecule has 0 spiro atoms. The lowest BCUT2D eigenvalue weighted by Gasteiger charge is -2.25. The summed E-state index contributed by atoms with van der Waals surface area (Å²) in [5.41, 5.74) is 1.14. The van der Waals surface area contributed by atoms with Gasteiger partial charge in [0.25, 0.3) is 0 Å². The quantitative estimate of drug-likeness (QED) is 0.915. The lowest BCUT2D eigenvalue weighted by Crippen LogP contribution is -2.38. The minimum Gasteiger partial charge on any atom is -0.381 e. The topological polar surface area (TPSA) is 24.5 Å². The molecule has 0 aromatic heterocycles. The summed E-state index contributed by atoms with van der Waals surface area (Å²) in [5, 5.41) is 3.68. The number of hydrogen-bond donors (Lipinski definition) is 1.